The maximum absolute atomic E-state index is 15.3. The number of hydrazine groups is 1. The maximum atomic E-state index is 15.3. The Balaban J connectivity index is 0.000000891. The zero-order chi connectivity index (χ0) is 41.2. The highest BCUT2D eigenvalue weighted by atomic mass is 19.2. The summed E-state index contributed by atoms with van der Waals surface area (Å²) in [5.74, 6) is 0.0628. The number of nitrogens with zero attached hydrogens (tertiary/aromatic N) is 3. The number of hydrogen-bond donors (Lipinski definition) is 5. The van der Waals surface area contributed by atoms with Crippen molar-refractivity contribution in [3.63, 3.8) is 0 Å². The summed E-state index contributed by atoms with van der Waals surface area (Å²) in [5, 5.41) is 24.3. The smallest absolute Gasteiger partial charge is 0.165 e. The van der Waals surface area contributed by atoms with Crippen LogP contribution in [0.15, 0.2) is 63.9 Å². The molecule has 0 bridgehead atoms. The van der Waals surface area contributed by atoms with Gasteiger partial charge in [-0.3, -0.25) is 10.0 Å². The van der Waals surface area contributed by atoms with Crippen molar-refractivity contribution in [2.24, 2.45) is 15.5 Å². The highest BCUT2D eigenvalue weighted by Crippen LogP contribution is 2.40. The number of benzene rings is 2. The molecule has 5 N–H and O–H groups in total. The van der Waals surface area contributed by atoms with E-state index in [0.29, 0.717) is 36.3 Å². The Morgan fingerprint density at radius 1 is 1.17 bits per heavy atom. The molecule has 2 heterocycles. The summed E-state index contributed by atoms with van der Waals surface area (Å²) in [5.41, 5.74) is 14.9. The van der Waals surface area contributed by atoms with E-state index in [2.05, 4.69) is 70.6 Å². The Bertz CT molecular complexity index is 1680. The van der Waals surface area contributed by atoms with Gasteiger partial charge in [-0.2, -0.15) is 5.10 Å². The van der Waals surface area contributed by atoms with Crippen molar-refractivity contribution in [2.75, 3.05) is 33.1 Å². The first-order valence-electron chi connectivity index (χ1n) is 18.7. The second-order valence-electron chi connectivity index (χ2n) is 14.6. The number of fused-ring (bicyclic) bond motifs is 1. The molecule has 298 valence electrons. The summed E-state index contributed by atoms with van der Waals surface area (Å²) < 4.78 is 31.8. The number of allylic oxidation sites excluding steroid dienone is 5. The lowest BCUT2D eigenvalue weighted by Gasteiger charge is -2.27. The predicted molar refractivity (Wildman–Crippen MR) is 228 cm³/mol. The maximum Gasteiger partial charge on any atom is 0.165 e. The minimum atomic E-state index is -0.325. The van der Waals surface area contributed by atoms with E-state index in [1.54, 1.807) is 19.3 Å². The Kier molecular flexibility index (Phi) is 20.5. The molecule has 0 amide bonds. The third-order valence-corrected chi connectivity index (χ3v) is 9.15. The van der Waals surface area contributed by atoms with E-state index >= 15 is 4.39 Å². The van der Waals surface area contributed by atoms with Gasteiger partial charge in [0.1, 0.15) is 0 Å². The molecule has 4 rings (SSSR count). The van der Waals surface area contributed by atoms with Crippen LogP contribution in [0, 0.1) is 29.0 Å². The molecular formula is C43H66F2N8O. The molecule has 2 aromatic rings. The largest absolute Gasteiger partial charge is 0.490 e. The highest BCUT2D eigenvalue weighted by molar-refractivity contribution is 6.08. The first-order valence-corrected chi connectivity index (χ1v) is 18.7. The van der Waals surface area contributed by atoms with E-state index in [4.69, 9.17) is 20.7 Å². The minimum absolute atomic E-state index is 0.162. The van der Waals surface area contributed by atoms with Crippen molar-refractivity contribution in [1.29, 1.82) is 10.8 Å². The van der Waals surface area contributed by atoms with Crippen LogP contribution in [0.4, 0.5) is 14.6 Å². The first-order chi connectivity index (χ1) is 25.5. The molecule has 2 aliphatic rings. The summed E-state index contributed by atoms with van der Waals surface area (Å²) in [7, 11) is 5.55. The van der Waals surface area contributed by atoms with Crippen molar-refractivity contribution in [2.45, 2.75) is 107 Å². The van der Waals surface area contributed by atoms with Crippen molar-refractivity contribution in [3.8, 4) is 5.75 Å². The molecule has 9 nitrogen and oxygen atoms in total. The van der Waals surface area contributed by atoms with Crippen LogP contribution in [-0.4, -0.2) is 63.2 Å². The zero-order valence-electron chi connectivity index (χ0n) is 34.9. The van der Waals surface area contributed by atoms with Crippen molar-refractivity contribution >= 4 is 35.6 Å². The van der Waals surface area contributed by atoms with Crippen molar-refractivity contribution in [1.82, 2.24) is 16.1 Å². The molecule has 0 fully saturated rings. The molecule has 0 saturated carbocycles. The van der Waals surface area contributed by atoms with Crippen LogP contribution in [0.5, 0.6) is 5.75 Å². The first kappa shape index (κ1) is 47.5. The summed E-state index contributed by atoms with van der Waals surface area (Å²) in [6.07, 6.45) is 8.67. The highest BCUT2D eigenvalue weighted by Gasteiger charge is 2.25. The second kappa shape index (κ2) is 23.3. The number of hydrazone groups is 1. The lowest BCUT2D eigenvalue weighted by atomic mass is 9.84. The third-order valence-electron chi connectivity index (χ3n) is 9.15. The Morgan fingerprint density at radius 2 is 1.81 bits per heavy atom. The monoisotopic (exact) mass is 749 g/mol. The number of ether oxygens (including phenoxy) is 1. The second-order valence-corrected chi connectivity index (χ2v) is 14.6. The van der Waals surface area contributed by atoms with Gasteiger partial charge in [0.2, 0.25) is 0 Å². The zero-order valence-corrected chi connectivity index (χ0v) is 34.9. The van der Waals surface area contributed by atoms with Gasteiger partial charge in [0.05, 0.1) is 12.3 Å². The number of anilines is 1. The Hall–Kier alpha value is -4.48. The predicted octanol–water partition coefficient (Wildman–Crippen LogP) is 10.4. The van der Waals surface area contributed by atoms with Crippen LogP contribution in [0.3, 0.4) is 0 Å². The molecule has 54 heavy (non-hydrogen) atoms. The van der Waals surface area contributed by atoms with E-state index in [9.17, 15) is 4.48 Å². The Labute approximate surface area is 324 Å². The van der Waals surface area contributed by atoms with Crippen LogP contribution in [0.1, 0.15) is 115 Å². The van der Waals surface area contributed by atoms with Crippen LogP contribution < -0.4 is 21.1 Å². The number of nitrogens with one attached hydrogen (secondary N) is 5. The summed E-state index contributed by atoms with van der Waals surface area (Å²) in [4.78, 5) is 4.15. The molecule has 0 spiro atoms. The number of hydrogen-bond acceptors (Lipinski definition) is 9. The topological polar surface area (TPSA) is 121 Å². The molecule has 0 aliphatic carbocycles. The molecule has 0 radical (unpaired) electrons. The van der Waals surface area contributed by atoms with Gasteiger partial charge in [-0.05, 0) is 130 Å². The summed E-state index contributed by atoms with van der Waals surface area (Å²) in [6, 6.07) is 7.69. The van der Waals surface area contributed by atoms with Gasteiger partial charge < -0.3 is 20.9 Å². The average Bonchev–Trinajstić information content (AvgIpc) is 3.14. The van der Waals surface area contributed by atoms with E-state index in [0.717, 1.165) is 80.9 Å². The quantitative estimate of drug-likeness (QED) is 0.0941. The van der Waals surface area contributed by atoms with Crippen molar-refractivity contribution in [3.05, 3.63) is 87.4 Å². The molecule has 0 atom stereocenters. The van der Waals surface area contributed by atoms with Gasteiger partial charge >= 0.3 is 0 Å². The SMILES string of the molecule is C=C1/C=C(/CCC(=N)c2ccc(NC)c(C=NC)c2)N(C)/N=C(C)\C(CC)=C/1c1cc(F)c2c(c1C)CCCO2.C=N.CC(C)NNF.CCC(C)(C)C. The molecule has 0 aromatic heterocycles. The minimum Gasteiger partial charge on any atom is -0.490 e. The Morgan fingerprint density at radius 3 is 2.33 bits per heavy atom. The van der Waals surface area contributed by atoms with Gasteiger partial charge in [-0.15, -0.1) is 4.48 Å². The molecule has 0 saturated heterocycles. The van der Waals surface area contributed by atoms with Gasteiger partial charge in [-0.25, -0.2) is 9.82 Å². The number of aliphatic imine (C=N–C) groups is 1. The summed E-state index contributed by atoms with van der Waals surface area (Å²) in [6.45, 7) is 26.3. The summed E-state index contributed by atoms with van der Waals surface area (Å²) >= 11 is 0. The molecule has 0 unspecified atom stereocenters. The molecule has 2 aliphatic heterocycles. The van der Waals surface area contributed by atoms with Gasteiger partial charge in [0.15, 0.2) is 11.6 Å². The lowest BCUT2D eigenvalue weighted by Crippen LogP contribution is -2.30. The standard InChI is InChI=1S/C33H40FN5O.C6H14.C3H9FN2.CH3N/c1-8-26-22(4)38-39(7)25(12-13-30(35)23-11-14-31(37-6)24(17-23)19-36-5)16-20(2)32(26)28-18-29(34)33-27(21(28)3)10-9-15-40-33;1-5-6(2,3)4;1-3(2)5-6-4;1-2/h11,14,16-19,35,37H,2,8-10,12-13,15H2,1,3-7H3;5H2,1-4H3;3,5-6H,1-2H3;2H,1H2/b25-16-,32-26+,35-30?,36-19?,38-22-;;;. The number of halogens is 2. The van der Waals surface area contributed by atoms with Crippen LogP contribution in [0.25, 0.3) is 5.57 Å². The fourth-order valence-electron chi connectivity index (χ4n) is 5.74. The fourth-order valence-corrected chi connectivity index (χ4v) is 5.74. The van der Waals surface area contributed by atoms with Gasteiger partial charge in [0, 0.05) is 61.6 Å². The average molecular weight is 749 g/mol. The van der Waals surface area contributed by atoms with E-state index in [1.165, 1.54) is 12.1 Å². The molecule has 11 heteroatoms. The molecule has 2 aromatic carbocycles. The van der Waals surface area contributed by atoms with Gasteiger partial charge in [0.25, 0.3) is 0 Å². The van der Waals surface area contributed by atoms with Crippen LogP contribution >= 0.6 is 0 Å². The normalized spacial score (nSPS) is 17.5. The van der Waals surface area contributed by atoms with E-state index in [1.807, 2.05) is 64.2 Å². The van der Waals surface area contributed by atoms with Crippen molar-refractivity contribution < 1.29 is 13.6 Å². The third kappa shape index (κ3) is 14.1. The van der Waals surface area contributed by atoms with Crippen LogP contribution in [-0.2, 0) is 6.42 Å². The van der Waals surface area contributed by atoms with E-state index < -0.39 is 0 Å². The fraction of sp³-hybridized carbons (Fsp3) is 0.488. The molecular weight excluding hydrogens is 683 g/mol. The van der Waals surface area contributed by atoms with Crippen LogP contribution in [0.2, 0.25) is 0 Å². The lowest BCUT2D eigenvalue weighted by molar-refractivity contribution is 0.246. The van der Waals surface area contributed by atoms with Gasteiger partial charge in [-0.1, -0.05) is 59.3 Å². The number of rotatable bonds is 10. The van der Waals surface area contributed by atoms with E-state index in [-0.39, 0.29) is 11.9 Å².